The third kappa shape index (κ3) is 6.68. The molecule has 0 saturated carbocycles. The number of hydrogen-bond donors (Lipinski definition) is 0. The average Bonchev–Trinajstić information content (AvgIpc) is 3.60. The maximum Gasteiger partial charge on any atom is 0.0465 e. The molecule has 11 aromatic carbocycles. The molecule has 320 valence electrons. The number of rotatable bonds is 7. The summed E-state index contributed by atoms with van der Waals surface area (Å²) in [6, 6.07) is 78.9. The van der Waals surface area contributed by atoms with Crippen molar-refractivity contribution in [3.8, 4) is 33.4 Å². The number of allylic oxidation sites excluding steroid dienone is 4. The Bertz CT molecular complexity index is 3770. The molecule has 1 nitrogen and oxygen atoms in total. The van der Waals surface area contributed by atoms with Crippen LogP contribution in [0.15, 0.2) is 230 Å². The van der Waals surface area contributed by atoms with Crippen LogP contribution in [0.4, 0.5) is 17.1 Å². The highest BCUT2D eigenvalue weighted by atomic mass is 15.1. The average molecular weight is 858 g/mol. The van der Waals surface area contributed by atoms with Crippen LogP contribution in [-0.4, -0.2) is 0 Å². The first-order chi connectivity index (χ1) is 32.9. The van der Waals surface area contributed by atoms with E-state index in [2.05, 4.69) is 257 Å². The van der Waals surface area contributed by atoms with E-state index in [1.54, 1.807) is 0 Å². The molecule has 0 heterocycles. The van der Waals surface area contributed by atoms with Crippen molar-refractivity contribution in [2.45, 2.75) is 39.5 Å². The first kappa shape index (κ1) is 40.5. The van der Waals surface area contributed by atoms with Crippen LogP contribution >= 0.6 is 0 Å². The van der Waals surface area contributed by atoms with Gasteiger partial charge in [0.05, 0.1) is 0 Å². The molecule has 1 heteroatoms. The largest absolute Gasteiger partial charge is 0.310 e. The van der Waals surface area contributed by atoms with Gasteiger partial charge in [-0.15, -0.1) is 0 Å². The number of nitrogens with zero attached hydrogens (tertiary/aromatic N) is 1. The van der Waals surface area contributed by atoms with E-state index in [0.29, 0.717) is 0 Å². The second-order valence-electron chi connectivity index (χ2n) is 18.6. The maximum atomic E-state index is 2.43. The minimum absolute atomic E-state index is 0.101. The maximum absolute atomic E-state index is 2.43. The van der Waals surface area contributed by atoms with E-state index in [0.717, 1.165) is 23.5 Å². The van der Waals surface area contributed by atoms with E-state index in [9.17, 15) is 0 Å². The van der Waals surface area contributed by atoms with Crippen molar-refractivity contribution in [1.29, 1.82) is 0 Å². The highest BCUT2D eigenvalue weighted by Crippen LogP contribution is 2.52. The van der Waals surface area contributed by atoms with Crippen molar-refractivity contribution in [2.75, 3.05) is 4.90 Å². The molecule has 0 aromatic heterocycles. The van der Waals surface area contributed by atoms with Gasteiger partial charge < -0.3 is 4.90 Å². The summed E-state index contributed by atoms with van der Waals surface area (Å²) in [4.78, 5) is 2.42. The van der Waals surface area contributed by atoms with E-state index in [1.165, 1.54) is 110 Å². The monoisotopic (exact) mass is 857 g/mol. The molecule has 0 aliphatic heterocycles. The summed E-state index contributed by atoms with van der Waals surface area (Å²) in [5, 5.41) is 12.8. The Morgan fingerprint density at radius 1 is 0.388 bits per heavy atom. The van der Waals surface area contributed by atoms with Crippen molar-refractivity contribution in [3.63, 3.8) is 0 Å². The Kier molecular flexibility index (Phi) is 9.77. The predicted octanol–water partition coefficient (Wildman–Crippen LogP) is 19.0. The van der Waals surface area contributed by atoms with Crippen LogP contribution in [-0.2, 0) is 5.41 Å². The lowest BCUT2D eigenvalue weighted by Gasteiger charge is -2.28. The fraction of sp³-hybridized carbons (Fsp3) is 0.0909. The van der Waals surface area contributed by atoms with Crippen LogP contribution in [0.5, 0.6) is 0 Å². The molecule has 0 spiro atoms. The second kappa shape index (κ2) is 16.2. The van der Waals surface area contributed by atoms with Crippen molar-refractivity contribution >= 4 is 76.5 Å². The fourth-order valence-electron chi connectivity index (χ4n) is 11.2. The van der Waals surface area contributed by atoms with Gasteiger partial charge in [-0.1, -0.05) is 191 Å². The summed E-state index contributed by atoms with van der Waals surface area (Å²) in [5.74, 6) is 0. The highest BCUT2D eigenvalue weighted by Gasteiger charge is 2.38. The van der Waals surface area contributed by atoms with Crippen LogP contribution in [0.2, 0.25) is 0 Å². The molecule has 1 aliphatic rings. The molecule has 12 rings (SSSR count). The van der Waals surface area contributed by atoms with Gasteiger partial charge in [0.15, 0.2) is 0 Å². The summed E-state index contributed by atoms with van der Waals surface area (Å²) >= 11 is 0. The lowest BCUT2D eigenvalue weighted by molar-refractivity contribution is 0.657. The van der Waals surface area contributed by atoms with E-state index in [1.807, 2.05) is 0 Å². The van der Waals surface area contributed by atoms with Gasteiger partial charge in [-0.25, -0.2) is 0 Å². The van der Waals surface area contributed by atoms with Gasteiger partial charge in [0.1, 0.15) is 0 Å². The molecule has 11 aromatic rings. The molecule has 1 aliphatic carbocycles. The van der Waals surface area contributed by atoms with E-state index in [4.69, 9.17) is 0 Å². The van der Waals surface area contributed by atoms with Gasteiger partial charge in [0, 0.05) is 22.5 Å². The molecule has 0 saturated heterocycles. The first-order valence-electron chi connectivity index (χ1n) is 23.8. The Hall–Kier alpha value is -8.00. The minimum atomic E-state index is -0.101. The molecule has 67 heavy (non-hydrogen) atoms. The normalized spacial score (nSPS) is 14.5. The summed E-state index contributed by atoms with van der Waals surface area (Å²) < 4.78 is 0. The Morgan fingerprint density at radius 2 is 0.866 bits per heavy atom. The Morgan fingerprint density at radius 3 is 1.49 bits per heavy atom. The standard InChI is InChI=1S/C66H51N/c1-5-16-64-52(6-2)60-38-35-51(42-65(60)66(64,3)4)67(49-31-25-44(26-32-49)43-17-8-7-9-18-43)50-33-27-45(28-34-50)46-29-36-58-59-37-30-48(41-63(59)57-24-15-14-23-56(57)62(58)39-46)61-40-47-19-10-11-20-53(47)54-21-12-13-22-55(54)61/h6-42H,5H2,1-4H3/b52-6-,64-16+. The number of benzene rings is 11. The van der Waals surface area contributed by atoms with Crippen LogP contribution in [0.1, 0.15) is 45.2 Å². The summed E-state index contributed by atoms with van der Waals surface area (Å²) in [6.07, 6.45) is 5.71. The lowest BCUT2D eigenvalue weighted by atomic mass is 9.81. The molecule has 0 radical (unpaired) electrons. The third-order valence-corrected chi connectivity index (χ3v) is 14.5. The first-order valence-corrected chi connectivity index (χ1v) is 23.8. The van der Waals surface area contributed by atoms with E-state index >= 15 is 0 Å². The molecule has 0 atom stereocenters. The lowest BCUT2D eigenvalue weighted by Crippen LogP contribution is -2.16. The third-order valence-electron chi connectivity index (χ3n) is 14.5. The molecular formula is C66H51N. The smallest absolute Gasteiger partial charge is 0.0465 e. The van der Waals surface area contributed by atoms with Gasteiger partial charge in [-0.05, 0) is 177 Å². The molecule has 0 unspecified atom stereocenters. The van der Waals surface area contributed by atoms with Crippen LogP contribution in [0.3, 0.4) is 0 Å². The Labute approximate surface area is 393 Å². The summed E-state index contributed by atoms with van der Waals surface area (Å²) in [6.45, 7) is 9.16. The molecule has 0 amide bonds. The van der Waals surface area contributed by atoms with E-state index < -0.39 is 0 Å². The summed E-state index contributed by atoms with van der Waals surface area (Å²) in [5.41, 5.74) is 16.1. The predicted molar refractivity (Wildman–Crippen MR) is 290 cm³/mol. The highest BCUT2D eigenvalue weighted by molar-refractivity contribution is 6.26. The number of hydrogen-bond acceptors (Lipinski definition) is 1. The van der Waals surface area contributed by atoms with Gasteiger partial charge in [0.25, 0.3) is 0 Å². The summed E-state index contributed by atoms with van der Waals surface area (Å²) in [7, 11) is 0. The van der Waals surface area contributed by atoms with Gasteiger partial charge in [-0.3, -0.25) is 0 Å². The van der Waals surface area contributed by atoms with Crippen molar-refractivity contribution in [2.24, 2.45) is 0 Å². The molecule has 0 fully saturated rings. The molecule has 0 N–H and O–H groups in total. The minimum Gasteiger partial charge on any atom is -0.310 e. The SMILES string of the molecule is C/C=C1\C(=C/CC)C(C)(C)c2cc(N(c3ccc(-c4ccccc4)cc3)c3ccc(-c4ccc5c6ccc(-c7cc8ccccc8c8ccccc78)cc6c6ccccc6c5c4)cc3)ccc21. The topological polar surface area (TPSA) is 3.24 Å². The zero-order chi connectivity index (χ0) is 45.2. The van der Waals surface area contributed by atoms with Crippen molar-refractivity contribution in [3.05, 3.63) is 241 Å². The Balaban J connectivity index is 0.952. The van der Waals surface area contributed by atoms with Crippen LogP contribution in [0, 0.1) is 0 Å². The zero-order valence-electron chi connectivity index (χ0n) is 38.5. The molecule has 0 bridgehead atoms. The van der Waals surface area contributed by atoms with Gasteiger partial charge in [-0.2, -0.15) is 0 Å². The van der Waals surface area contributed by atoms with E-state index in [-0.39, 0.29) is 5.41 Å². The molecular weight excluding hydrogens is 807 g/mol. The zero-order valence-corrected chi connectivity index (χ0v) is 38.5. The van der Waals surface area contributed by atoms with Crippen LogP contribution < -0.4 is 4.90 Å². The fourth-order valence-corrected chi connectivity index (χ4v) is 11.2. The quantitative estimate of drug-likeness (QED) is 0.144. The number of anilines is 3. The number of fused-ring (bicyclic) bond motifs is 10. The van der Waals surface area contributed by atoms with Crippen LogP contribution in [0.25, 0.3) is 92.8 Å². The van der Waals surface area contributed by atoms with Gasteiger partial charge in [0.2, 0.25) is 0 Å². The second-order valence-corrected chi connectivity index (χ2v) is 18.6. The van der Waals surface area contributed by atoms with Crippen molar-refractivity contribution in [1.82, 2.24) is 0 Å². The van der Waals surface area contributed by atoms with Gasteiger partial charge >= 0.3 is 0 Å². The van der Waals surface area contributed by atoms with Crippen molar-refractivity contribution < 1.29 is 0 Å².